The van der Waals surface area contributed by atoms with Crippen LogP contribution in [0.3, 0.4) is 0 Å². The van der Waals surface area contributed by atoms with Crippen molar-refractivity contribution in [1.82, 2.24) is 15.2 Å². The van der Waals surface area contributed by atoms with Crippen molar-refractivity contribution in [3.8, 4) is 0 Å². The zero-order chi connectivity index (χ0) is 14.2. The minimum absolute atomic E-state index is 0.0134. The van der Waals surface area contributed by atoms with E-state index < -0.39 is 9.84 Å². The summed E-state index contributed by atoms with van der Waals surface area (Å²) in [4.78, 5) is 0. The third-order valence-electron chi connectivity index (χ3n) is 3.49. The fraction of sp³-hybridized carbons (Fsp3) is 0.727. The first-order chi connectivity index (χ1) is 8.85. The van der Waals surface area contributed by atoms with E-state index in [4.69, 9.17) is 5.84 Å². The third-order valence-corrected chi connectivity index (χ3v) is 5.89. The average molecular weight is 351 g/mol. The van der Waals surface area contributed by atoms with Crippen LogP contribution in [0, 0.1) is 5.92 Å². The van der Waals surface area contributed by atoms with Crippen molar-refractivity contribution < 1.29 is 8.42 Å². The fourth-order valence-electron chi connectivity index (χ4n) is 2.58. The van der Waals surface area contributed by atoms with Crippen LogP contribution in [0.25, 0.3) is 0 Å². The largest absolute Gasteiger partial charge is 0.271 e. The molecule has 0 aliphatic carbocycles. The first-order valence-corrected chi connectivity index (χ1v) is 8.86. The highest BCUT2D eigenvalue weighted by Gasteiger charge is 2.36. The SMILES string of the molecule is CC(C)n1ncc(Br)c1C(NN)C1CCS(=O)(=O)C1. The number of halogens is 1. The minimum Gasteiger partial charge on any atom is -0.271 e. The van der Waals surface area contributed by atoms with Gasteiger partial charge < -0.3 is 0 Å². The molecule has 19 heavy (non-hydrogen) atoms. The molecule has 0 radical (unpaired) electrons. The van der Waals surface area contributed by atoms with Crippen molar-refractivity contribution in [2.75, 3.05) is 11.5 Å². The summed E-state index contributed by atoms with van der Waals surface area (Å²) in [7, 11) is -2.93. The highest BCUT2D eigenvalue weighted by Crippen LogP contribution is 2.35. The van der Waals surface area contributed by atoms with Gasteiger partial charge in [-0.25, -0.2) is 8.42 Å². The fourth-order valence-corrected chi connectivity index (χ4v) is 4.94. The zero-order valence-corrected chi connectivity index (χ0v) is 13.4. The molecule has 0 amide bonds. The number of hydrazine groups is 1. The standard InChI is InChI=1S/C11H19BrN4O2S/c1-7(2)16-11(9(12)5-14-16)10(15-13)8-3-4-19(17,18)6-8/h5,7-8,10,15H,3-4,6,13H2,1-2H3. The number of hydrogen-bond acceptors (Lipinski definition) is 5. The summed E-state index contributed by atoms with van der Waals surface area (Å²) in [5, 5.41) is 4.32. The van der Waals surface area contributed by atoms with Crippen LogP contribution in [0.15, 0.2) is 10.7 Å². The molecule has 1 saturated heterocycles. The van der Waals surface area contributed by atoms with E-state index in [1.165, 1.54) is 0 Å². The van der Waals surface area contributed by atoms with Gasteiger partial charge in [0, 0.05) is 6.04 Å². The summed E-state index contributed by atoms with van der Waals surface area (Å²) in [5.74, 6) is 6.07. The van der Waals surface area contributed by atoms with Gasteiger partial charge in [-0.1, -0.05) is 0 Å². The maximum atomic E-state index is 11.6. The van der Waals surface area contributed by atoms with E-state index in [-0.39, 0.29) is 29.5 Å². The van der Waals surface area contributed by atoms with Crippen LogP contribution < -0.4 is 11.3 Å². The summed E-state index contributed by atoms with van der Waals surface area (Å²) >= 11 is 3.47. The Bertz CT molecular complexity index is 555. The molecule has 8 heteroatoms. The Labute approximate surface area is 121 Å². The molecule has 2 atom stereocenters. The second-order valence-corrected chi connectivity index (χ2v) is 8.31. The molecule has 2 heterocycles. The normalized spacial score (nSPS) is 23.9. The van der Waals surface area contributed by atoms with E-state index in [0.29, 0.717) is 6.42 Å². The van der Waals surface area contributed by atoms with E-state index in [9.17, 15) is 8.42 Å². The predicted octanol–water partition coefficient (Wildman–Crippen LogP) is 1.17. The zero-order valence-electron chi connectivity index (χ0n) is 11.0. The van der Waals surface area contributed by atoms with Crippen molar-refractivity contribution >= 4 is 25.8 Å². The Morgan fingerprint density at radius 3 is 2.74 bits per heavy atom. The Kier molecular flexibility index (Phi) is 4.34. The van der Waals surface area contributed by atoms with Gasteiger partial charge in [0.05, 0.1) is 33.9 Å². The lowest BCUT2D eigenvalue weighted by Gasteiger charge is -2.24. The van der Waals surface area contributed by atoms with Crippen molar-refractivity contribution in [3.63, 3.8) is 0 Å². The number of nitrogens with one attached hydrogen (secondary N) is 1. The summed E-state index contributed by atoms with van der Waals surface area (Å²) < 4.78 is 26.0. The second kappa shape index (κ2) is 5.51. The van der Waals surface area contributed by atoms with Crippen molar-refractivity contribution in [3.05, 3.63) is 16.4 Å². The quantitative estimate of drug-likeness (QED) is 0.628. The molecule has 0 saturated carbocycles. The van der Waals surface area contributed by atoms with Crippen LogP contribution >= 0.6 is 15.9 Å². The molecular formula is C11H19BrN4O2S. The average Bonchev–Trinajstić information content (AvgIpc) is 2.85. The predicted molar refractivity (Wildman–Crippen MR) is 77.1 cm³/mol. The van der Waals surface area contributed by atoms with Crippen LogP contribution in [-0.4, -0.2) is 29.7 Å². The molecule has 1 aromatic rings. The van der Waals surface area contributed by atoms with Gasteiger partial charge in [-0.15, -0.1) is 0 Å². The Morgan fingerprint density at radius 1 is 1.58 bits per heavy atom. The summed E-state index contributed by atoms with van der Waals surface area (Å²) in [6.45, 7) is 4.06. The lowest BCUT2D eigenvalue weighted by Crippen LogP contribution is -2.36. The van der Waals surface area contributed by atoms with E-state index >= 15 is 0 Å². The van der Waals surface area contributed by atoms with Crippen LogP contribution in [0.5, 0.6) is 0 Å². The highest BCUT2D eigenvalue weighted by atomic mass is 79.9. The monoisotopic (exact) mass is 350 g/mol. The van der Waals surface area contributed by atoms with Crippen LogP contribution in [0.2, 0.25) is 0 Å². The molecule has 6 nitrogen and oxygen atoms in total. The molecule has 1 aliphatic heterocycles. The van der Waals surface area contributed by atoms with Gasteiger partial charge in [0.25, 0.3) is 0 Å². The van der Waals surface area contributed by atoms with E-state index in [0.717, 1.165) is 10.2 Å². The number of hydrogen-bond donors (Lipinski definition) is 2. The van der Waals surface area contributed by atoms with Gasteiger partial charge in [0.2, 0.25) is 0 Å². The number of aromatic nitrogens is 2. The molecule has 3 N–H and O–H groups in total. The second-order valence-electron chi connectivity index (χ2n) is 5.22. The molecule has 2 rings (SSSR count). The molecule has 1 aliphatic rings. The summed E-state index contributed by atoms with van der Waals surface area (Å²) in [6.07, 6.45) is 2.36. The number of nitrogens with two attached hydrogens (primary N) is 1. The topological polar surface area (TPSA) is 90.0 Å². The van der Waals surface area contributed by atoms with E-state index in [1.807, 2.05) is 18.5 Å². The molecule has 1 fully saturated rings. The molecule has 108 valence electrons. The number of rotatable bonds is 4. The van der Waals surface area contributed by atoms with E-state index in [1.54, 1.807) is 6.20 Å². The van der Waals surface area contributed by atoms with Crippen LogP contribution in [0.1, 0.15) is 38.0 Å². The lowest BCUT2D eigenvalue weighted by molar-refractivity contribution is 0.360. The molecular weight excluding hydrogens is 332 g/mol. The van der Waals surface area contributed by atoms with Gasteiger partial charge in [-0.2, -0.15) is 5.10 Å². The van der Waals surface area contributed by atoms with Crippen molar-refractivity contribution in [2.24, 2.45) is 11.8 Å². The smallest absolute Gasteiger partial charge is 0.150 e. The first kappa shape index (κ1) is 15.0. The van der Waals surface area contributed by atoms with Crippen molar-refractivity contribution in [1.29, 1.82) is 0 Å². The van der Waals surface area contributed by atoms with Crippen molar-refractivity contribution in [2.45, 2.75) is 32.4 Å². The van der Waals surface area contributed by atoms with Gasteiger partial charge in [0.1, 0.15) is 0 Å². The van der Waals surface area contributed by atoms with Gasteiger partial charge in [-0.05, 0) is 42.1 Å². The maximum absolute atomic E-state index is 11.6. The Balaban J connectivity index is 2.35. The highest BCUT2D eigenvalue weighted by molar-refractivity contribution is 9.10. The lowest BCUT2D eigenvalue weighted by atomic mass is 9.96. The Morgan fingerprint density at radius 2 is 2.26 bits per heavy atom. The maximum Gasteiger partial charge on any atom is 0.150 e. The molecule has 0 aromatic carbocycles. The van der Waals surface area contributed by atoms with Crippen LogP contribution in [0.4, 0.5) is 0 Å². The minimum atomic E-state index is -2.93. The molecule has 1 aromatic heterocycles. The van der Waals surface area contributed by atoms with Gasteiger partial charge in [-0.3, -0.25) is 16.0 Å². The summed E-state index contributed by atoms with van der Waals surface area (Å²) in [5.41, 5.74) is 3.68. The number of sulfone groups is 1. The molecule has 0 bridgehead atoms. The number of nitrogens with zero attached hydrogens (tertiary/aromatic N) is 2. The molecule has 2 unspecified atom stereocenters. The third kappa shape index (κ3) is 3.01. The van der Waals surface area contributed by atoms with Crippen LogP contribution in [-0.2, 0) is 9.84 Å². The molecule has 0 spiro atoms. The Hall–Kier alpha value is -0.440. The first-order valence-electron chi connectivity index (χ1n) is 6.25. The summed E-state index contributed by atoms with van der Waals surface area (Å²) in [6, 6.07) is -0.0216. The van der Waals surface area contributed by atoms with Gasteiger partial charge >= 0.3 is 0 Å². The van der Waals surface area contributed by atoms with Gasteiger partial charge in [0.15, 0.2) is 9.84 Å². The van der Waals surface area contributed by atoms with E-state index in [2.05, 4.69) is 26.5 Å².